The Morgan fingerprint density at radius 2 is 1.55 bits per heavy atom. The lowest BCUT2D eigenvalue weighted by Crippen LogP contribution is -2.63. The van der Waals surface area contributed by atoms with Gasteiger partial charge in [-0.3, -0.25) is 28.8 Å². The van der Waals surface area contributed by atoms with Crippen LogP contribution < -0.4 is 0 Å². The summed E-state index contributed by atoms with van der Waals surface area (Å²) < 4.78 is 39.5. The summed E-state index contributed by atoms with van der Waals surface area (Å²) in [6, 6.07) is 0. The molecule has 0 N–H and O–H groups in total. The van der Waals surface area contributed by atoms with Crippen LogP contribution in [0.4, 0.5) is 0 Å². The predicted octanol–water partition coefficient (Wildman–Crippen LogP) is 1.64. The highest BCUT2D eigenvalue weighted by atomic mass is 16.7. The quantitative estimate of drug-likeness (QED) is 0.295. The number of hydrogen-bond donors (Lipinski definition) is 0. The normalized spacial score (nSPS) is 34.0. The van der Waals surface area contributed by atoms with E-state index in [1.807, 2.05) is 6.92 Å². The Kier molecular flexibility index (Phi) is 9.21. The molecule has 0 aromatic heterocycles. The van der Waals surface area contributed by atoms with E-state index in [1.54, 1.807) is 6.92 Å². The highest BCUT2D eigenvalue weighted by Gasteiger charge is 2.56. The number of carbonyl (C=O) groups excluding carboxylic acids is 6. The first kappa shape index (κ1) is 31.4. The molecule has 0 aromatic rings. The standard InChI is InChI=1S/C29H36O13/c1-13-9-21(34)23-20(8-7-19-10-29(13,23)42-27(35)14(19)2)11-37-28-26(40-18(6)33)25(39-17(5)32)24(38-16(4)31)22(41-28)12-36-15(3)30/h9,14,19,22,24-26,28H,7-8,10-12H2,1-6H3/t14-,19-,22-,24-,25+,26-,28-,29+/m1/s1. The largest absolute Gasteiger partial charge is 0.463 e. The summed E-state index contributed by atoms with van der Waals surface area (Å²) >= 11 is 0. The summed E-state index contributed by atoms with van der Waals surface area (Å²) in [4.78, 5) is 73.7. The molecule has 0 unspecified atom stereocenters. The average Bonchev–Trinajstić information content (AvgIpc) is 3.02. The van der Waals surface area contributed by atoms with Gasteiger partial charge in [0, 0.05) is 33.3 Å². The average molecular weight is 593 g/mol. The first-order valence-corrected chi connectivity index (χ1v) is 13.8. The SMILES string of the molecule is CC(=O)OC[C@H]1O[C@@H](OCC2=C3C(=O)C=C(C)[C@@]34C[C@@H](CC2)[C@@H](C)C(=O)O4)[C@H](OC(C)=O)[C@@H](OC(C)=O)[C@@H]1OC(C)=O. The molecule has 2 aliphatic carbocycles. The number of fused-ring (bicyclic) bond motifs is 1. The van der Waals surface area contributed by atoms with Crippen molar-refractivity contribution in [3.8, 4) is 0 Å². The van der Waals surface area contributed by atoms with E-state index >= 15 is 0 Å². The zero-order valence-electron chi connectivity index (χ0n) is 24.5. The summed E-state index contributed by atoms with van der Waals surface area (Å²) in [6.07, 6.45) is -3.68. The lowest BCUT2D eigenvalue weighted by molar-refractivity contribution is -0.306. The number of rotatable bonds is 8. The molecule has 0 radical (unpaired) electrons. The van der Waals surface area contributed by atoms with Gasteiger partial charge in [0.2, 0.25) is 0 Å². The van der Waals surface area contributed by atoms with Gasteiger partial charge in [-0.1, -0.05) is 6.92 Å². The van der Waals surface area contributed by atoms with Gasteiger partial charge >= 0.3 is 29.8 Å². The van der Waals surface area contributed by atoms with E-state index < -0.39 is 66.8 Å². The van der Waals surface area contributed by atoms with E-state index in [-0.39, 0.29) is 30.2 Å². The van der Waals surface area contributed by atoms with E-state index in [4.69, 9.17) is 33.2 Å². The van der Waals surface area contributed by atoms with Crippen LogP contribution >= 0.6 is 0 Å². The van der Waals surface area contributed by atoms with Crippen molar-refractivity contribution in [2.24, 2.45) is 11.8 Å². The molecule has 13 heteroatoms. The van der Waals surface area contributed by atoms with Crippen LogP contribution in [0.3, 0.4) is 0 Å². The molecule has 0 aromatic carbocycles. The molecule has 2 aliphatic heterocycles. The van der Waals surface area contributed by atoms with E-state index in [9.17, 15) is 28.8 Å². The Balaban J connectivity index is 1.69. The molecule has 1 spiro atoms. The van der Waals surface area contributed by atoms with Gasteiger partial charge in [-0.2, -0.15) is 0 Å². The van der Waals surface area contributed by atoms with Crippen LogP contribution in [-0.2, 0) is 61.9 Å². The first-order valence-electron chi connectivity index (χ1n) is 13.8. The zero-order chi connectivity index (χ0) is 30.9. The molecule has 13 nitrogen and oxygen atoms in total. The molecule has 230 valence electrons. The molecule has 0 saturated carbocycles. The predicted molar refractivity (Wildman–Crippen MR) is 139 cm³/mol. The maximum absolute atomic E-state index is 13.2. The van der Waals surface area contributed by atoms with Crippen molar-refractivity contribution in [2.75, 3.05) is 13.2 Å². The summed E-state index contributed by atoms with van der Waals surface area (Å²) in [6.45, 7) is 7.56. The van der Waals surface area contributed by atoms with Gasteiger partial charge in [0.15, 0.2) is 36.0 Å². The van der Waals surface area contributed by atoms with Gasteiger partial charge in [0.05, 0.1) is 12.5 Å². The minimum Gasteiger partial charge on any atom is -0.463 e. The van der Waals surface area contributed by atoms with Gasteiger partial charge in [-0.25, -0.2) is 0 Å². The third-order valence-electron chi connectivity index (χ3n) is 8.08. The van der Waals surface area contributed by atoms with Gasteiger partial charge in [-0.05, 0) is 49.3 Å². The molecule has 2 heterocycles. The van der Waals surface area contributed by atoms with Crippen molar-refractivity contribution < 1.29 is 61.9 Å². The smallest absolute Gasteiger partial charge is 0.310 e. The van der Waals surface area contributed by atoms with Crippen molar-refractivity contribution >= 4 is 35.6 Å². The summed E-state index contributed by atoms with van der Waals surface area (Å²) in [7, 11) is 0. The topological polar surface area (TPSA) is 167 Å². The zero-order valence-corrected chi connectivity index (χ0v) is 24.5. The molecular weight excluding hydrogens is 556 g/mol. The van der Waals surface area contributed by atoms with Gasteiger partial charge in [-0.15, -0.1) is 0 Å². The number of ether oxygens (including phenoxy) is 7. The van der Waals surface area contributed by atoms with Crippen LogP contribution in [0.5, 0.6) is 0 Å². The van der Waals surface area contributed by atoms with Gasteiger partial charge < -0.3 is 33.2 Å². The van der Waals surface area contributed by atoms with E-state index in [2.05, 4.69) is 0 Å². The van der Waals surface area contributed by atoms with Gasteiger partial charge in [0.1, 0.15) is 12.7 Å². The van der Waals surface area contributed by atoms with Crippen LogP contribution in [0.15, 0.2) is 22.8 Å². The molecular formula is C29H36O13. The maximum Gasteiger partial charge on any atom is 0.310 e. The number of ketones is 1. The van der Waals surface area contributed by atoms with Crippen LogP contribution in [0.1, 0.15) is 60.8 Å². The third-order valence-corrected chi connectivity index (χ3v) is 8.08. The Morgan fingerprint density at radius 3 is 2.17 bits per heavy atom. The van der Waals surface area contributed by atoms with E-state index in [0.29, 0.717) is 36.0 Å². The highest BCUT2D eigenvalue weighted by molar-refractivity contribution is 6.11. The number of allylic oxidation sites excluding steroid dienone is 1. The second-order valence-electron chi connectivity index (χ2n) is 11.1. The number of carbonyl (C=O) groups is 6. The number of hydrogen-bond acceptors (Lipinski definition) is 13. The van der Waals surface area contributed by atoms with Crippen LogP contribution in [0, 0.1) is 11.8 Å². The monoisotopic (exact) mass is 592 g/mol. The van der Waals surface area contributed by atoms with Crippen molar-refractivity contribution in [2.45, 2.75) is 97.1 Å². The summed E-state index contributed by atoms with van der Waals surface area (Å²) in [5, 5.41) is 0. The fraction of sp³-hybridized carbons (Fsp3) is 0.655. The molecule has 2 saturated heterocycles. The van der Waals surface area contributed by atoms with E-state index in [1.165, 1.54) is 13.0 Å². The Hall–Kier alpha value is -3.58. The minimum absolute atomic E-state index is 0.0151. The lowest BCUT2D eigenvalue weighted by atomic mass is 9.75. The van der Waals surface area contributed by atoms with Gasteiger partial charge in [0.25, 0.3) is 0 Å². The molecule has 2 bridgehead atoms. The first-order chi connectivity index (χ1) is 19.7. The summed E-state index contributed by atoms with van der Waals surface area (Å²) in [5.74, 6) is -3.91. The molecule has 4 rings (SSSR count). The molecule has 8 atom stereocenters. The van der Waals surface area contributed by atoms with Crippen molar-refractivity contribution in [1.82, 2.24) is 0 Å². The highest BCUT2D eigenvalue weighted by Crippen LogP contribution is 2.51. The Bertz CT molecular complexity index is 1230. The fourth-order valence-electron chi connectivity index (χ4n) is 6.17. The van der Waals surface area contributed by atoms with E-state index in [0.717, 1.165) is 20.8 Å². The Morgan fingerprint density at radius 1 is 0.929 bits per heavy atom. The Labute approximate surface area is 242 Å². The molecule has 0 amide bonds. The van der Waals surface area contributed by atoms with Crippen LogP contribution in [-0.4, -0.2) is 85.2 Å². The molecule has 2 fully saturated rings. The fourth-order valence-corrected chi connectivity index (χ4v) is 6.17. The van der Waals surface area contributed by atoms with Crippen molar-refractivity contribution in [3.63, 3.8) is 0 Å². The summed E-state index contributed by atoms with van der Waals surface area (Å²) in [5.41, 5.74) is 0.389. The second-order valence-corrected chi connectivity index (χ2v) is 11.1. The second kappa shape index (κ2) is 12.3. The van der Waals surface area contributed by atoms with Crippen molar-refractivity contribution in [3.05, 3.63) is 22.8 Å². The van der Waals surface area contributed by atoms with Crippen LogP contribution in [0.25, 0.3) is 0 Å². The van der Waals surface area contributed by atoms with Crippen LogP contribution in [0.2, 0.25) is 0 Å². The lowest BCUT2D eigenvalue weighted by Gasteiger charge is -2.44. The third kappa shape index (κ3) is 6.26. The molecule has 4 aliphatic rings. The molecule has 42 heavy (non-hydrogen) atoms. The number of esters is 5. The van der Waals surface area contributed by atoms with Crippen molar-refractivity contribution in [1.29, 1.82) is 0 Å². The maximum atomic E-state index is 13.2. The minimum atomic E-state index is -1.40.